The zero-order valence-electron chi connectivity index (χ0n) is 14.8. The van der Waals surface area contributed by atoms with Crippen LogP contribution in [0.3, 0.4) is 0 Å². The largest absolute Gasteiger partial charge is 0.486 e. The number of H-pyrrole nitrogens is 1. The number of fused-ring (bicyclic) bond motifs is 1. The van der Waals surface area contributed by atoms with Gasteiger partial charge in [-0.1, -0.05) is 23.7 Å². The number of rotatable bonds is 5. The van der Waals surface area contributed by atoms with Crippen molar-refractivity contribution in [1.29, 1.82) is 5.26 Å². The minimum Gasteiger partial charge on any atom is -0.486 e. The minimum atomic E-state index is -0.265. The fourth-order valence-corrected chi connectivity index (χ4v) is 2.94. The molecule has 3 aromatic rings. The molecule has 10 heteroatoms. The summed E-state index contributed by atoms with van der Waals surface area (Å²) in [5.41, 5.74) is 1.31. The number of aromatic nitrogens is 4. The van der Waals surface area contributed by atoms with Crippen molar-refractivity contribution >= 4 is 28.6 Å². The van der Waals surface area contributed by atoms with Crippen LogP contribution in [0.15, 0.2) is 42.6 Å². The van der Waals surface area contributed by atoms with Crippen molar-refractivity contribution in [1.82, 2.24) is 20.6 Å². The molecule has 0 bridgehead atoms. The number of halogens is 1. The zero-order chi connectivity index (χ0) is 20.2. The lowest BCUT2D eigenvalue weighted by atomic mass is 10.0. The van der Waals surface area contributed by atoms with Crippen LogP contribution >= 0.6 is 11.6 Å². The van der Waals surface area contributed by atoms with Crippen LogP contribution in [0.5, 0.6) is 11.5 Å². The SMILES string of the molecule is N#CC(=CNc1cc2c(cc1C(=O)c1cccc(Cl)c1)OCCO2)c1nn[nH]n1. The van der Waals surface area contributed by atoms with Gasteiger partial charge < -0.3 is 14.8 Å². The van der Waals surface area contributed by atoms with E-state index in [4.69, 9.17) is 21.1 Å². The van der Waals surface area contributed by atoms with Gasteiger partial charge in [0.2, 0.25) is 5.82 Å². The molecule has 2 heterocycles. The highest BCUT2D eigenvalue weighted by Crippen LogP contribution is 2.37. The van der Waals surface area contributed by atoms with E-state index in [0.717, 1.165) is 0 Å². The van der Waals surface area contributed by atoms with Crippen LogP contribution in [0.25, 0.3) is 5.57 Å². The van der Waals surface area contributed by atoms with Crippen LogP contribution in [0.1, 0.15) is 21.7 Å². The maximum Gasteiger partial charge on any atom is 0.216 e. The predicted octanol–water partition coefficient (Wildman–Crippen LogP) is 2.83. The molecule has 0 radical (unpaired) electrons. The Morgan fingerprint density at radius 2 is 2.03 bits per heavy atom. The first-order valence-electron chi connectivity index (χ1n) is 8.50. The second kappa shape index (κ2) is 8.00. The maximum absolute atomic E-state index is 13.1. The molecule has 0 unspecified atom stereocenters. The average molecular weight is 409 g/mol. The van der Waals surface area contributed by atoms with Crippen LogP contribution in [0, 0.1) is 11.3 Å². The van der Waals surface area contributed by atoms with E-state index >= 15 is 0 Å². The van der Waals surface area contributed by atoms with Crippen LogP contribution in [0.4, 0.5) is 5.69 Å². The summed E-state index contributed by atoms with van der Waals surface area (Å²) in [5, 5.41) is 26.1. The van der Waals surface area contributed by atoms with Crippen LogP contribution < -0.4 is 14.8 Å². The molecule has 4 rings (SSSR count). The molecule has 2 N–H and O–H groups in total. The van der Waals surface area contributed by atoms with E-state index < -0.39 is 0 Å². The van der Waals surface area contributed by atoms with Gasteiger partial charge in [0.15, 0.2) is 17.3 Å². The second-order valence-corrected chi connectivity index (χ2v) is 6.37. The molecule has 0 saturated carbocycles. The minimum absolute atomic E-state index is 0.125. The Bertz CT molecular complexity index is 1140. The van der Waals surface area contributed by atoms with E-state index in [1.165, 1.54) is 6.20 Å². The molecular weight excluding hydrogens is 396 g/mol. The summed E-state index contributed by atoms with van der Waals surface area (Å²) in [7, 11) is 0. The normalized spacial score (nSPS) is 12.9. The molecule has 1 aliphatic heterocycles. The molecule has 144 valence electrons. The number of hydrogen-bond donors (Lipinski definition) is 2. The van der Waals surface area contributed by atoms with Gasteiger partial charge in [0.25, 0.3) is 0 Å². The van der Waals surface area contributed by atoms with Crippen molar-refractivity contribution in [3.63, 3.8) is 0 Å². The van der Waals surface area contributed by atoms with Gasteiger partial charge in [0.05, 0.1) is 5.69 Å². The summed E-state index contributed by atoms with van der Waals surface area (Å²) in [6.45, 7) is 0.789. The molecule has 0 saturated heterocycles. The van der Waals surface area contributed by atoms with Gasteiger partial charge in [-0.15, -0.1) is 10.2 Å². The van der Waals surface area contributed by atoms with E-state index in [2.05, 4.69) is 25.9 Å². The molecule has 2 aromatic carbocycles. The Kier molecular flexibility index (Phi) is 5.09. The van der Waals surface area contributed by atoms with E-state index in [0.29, 0.717) is 46.5 Å². The maximum atomic E-state index is 13.1. The van der Waals surface area contributed by atoms with Gasteiger partial charge in [-0.25, -0.2) is 0 Å². The number of tetrazole rings is 1. The third-order valence-corrected chi connectivity index (χ3v) is 4.33. The Balaban J connectivity index is 1.75. The van der Waals surface area contributed by atoms with Gasteiger partial charge in [-0.3, -0.25) is 4.79 Å². The lowest BCUT2D eigenvalue weighted by Crippen LogP contribution is -2.17. The number of anilines is 1. The summed E-state index contributed by atoms with van der Waals surface area (Å²) >= 11 is 6.03. The molecule has 1 aliphatic rings. The van der Waals surface area contributed by atoms with E-state index in [1.54, 1.807) is 36.4 Å². The van der Waals surface area contributed by atoms with Crippen molar-refractivity contribution in [3.05, 3.63) is 64.6 Å². The standard InChI is InChI=1S/C19H13ClN6O3/c20-13-3-1-2-11(6-13)18(27)14-7-16-17(29-5-4-28-16)8-15(14)22-10-12(9-21)19-23-25-26-24-19/h1-3,6-8,10,22H,4-5H2,(H,23,24,25,26). The average Bonchev–Trinajstić information content (AvgIpc) is 3.28. The highest BCUT2D eigenvalue weighted by Gasteiger charge is 2.21. The van der Waals surface area contributed by atoms with Gasteiger partial charge in [0.1, 0.15) is 24.9 Å². The van der Waals surface area contributed by atoms with E-state index in [1.807, 2.05) is 6.07 Å². The Morgan fingerprint density at radius 1 is 1.24 bits per heavy atom. The predicted molar refractivity (Wildman–Crippen MR) is 104 cm³/mol. The molecule has 0 aliphatic carbocycles. The third kappa shape index (κ3) is 3.88. The number of carbonyl (C=O) groups is 1. The number of hydrogen-bond acceptors (Lipinski definition) is 8. The number of benzene rings is 2. The number of nitrogens with zero attached hydrogens (tertiary/aromatic N) is 4. The number of carbonyl (C=O) groups excluding carboxylic acids is 1. The monoisotopic (exact) mass is 408 g/mol. The van der Waals surface area contributed by atoms with Crippen molar-refractivity contribution < 1.29 is 14.3 Å². The molecule has 0 fully saturated rings. The highest BCUT2D eigenvalue weighted by atomic mass is 35.5. The summed E-state index contributed by atoms with van der Waals surface area (Å²) < 4.78 is 11.2. The lowest BCUT2D eigenvalue weighted by Gasteiger charge is -2.21. The summed E-state index contributed by atoms with van der Waals surface area (Å²) in [6, 6.07) is 11.9. The van der Waals surface area contributed by atoms with Crippen molar-refractivity contribution in [2.24, 2.45) is 0 Å². The van der Waals surface area contributed by atoms with Crippen molar-refractivity contribution in [2.45, 2.75) is 0 Å². The number of ketones is 1. The van der Waals surface area contributed by atoms with Crippen LogP contribution in [-0.2, 0) is 0 Å². The number of nitriles is 1. The van der Waals surface area contributed by atoms with Crippen LogP contribution in [-0.4, -0.2) is 39.6 Å². The summed E-state index contributed by atoms with van der Waals surface area (Å²) in [6.07, 6.45) is 1.39. The first-order valence-corrected chi connectivity index (χ1v) is 8.88. The lowest BCUT2D eigenvalue weighted by molar-refractivity contribution is 0.103. The molecule has 1 aromatic heterocycles. The number of ether oxygens (including phenoxy) is 2. The molecule has 9 nitrogen and oxygen atoms in total. The Morgan fingerprint density at radius 3 is 2.72 bits per heavy atom. The van der Waals surface area contributed by atoms with Crippen molar-refractivity contribution in [3.8, 4) is 17.6 Å². The highest BCUT2D eigenvalue weighted by molar-refractivity contribution is 6.31. The number of allylic oxidation sites excluding steroid dienone is 1. The molecule has 0 spiro atoms. The molecular formula is C19H13ClN6O3. The smallest absolute Gasteiger partial charge is 0.216 e. The van der Waals surface area contributed by atoms with E-state index in [9.17, 15) is 10.1 Å². The third-order valence-electron chi connectivity index (χ3n) is 4.09. The molecule has 0 amide bonds. The first kappa shape index (κ1) is 18.5. The summed E-state index contributed by atoms with van der Waals surface area (Å²) in [5.74, 6) is 0.821. The molecule has 0 atom stereocenters. The Labute approximate surface area is 169 Å². The van der Waals surface area contributed by atoms with Crippen molar-refractivity contribution in [2.75, 3.05) is 18.5 Å². The first-order chi connectivity index (χ1) is 14.2. The fourth-order valence-electron chi connectivity index (χ4n) is 2.75. The van der Waals surface area contributed by atoms with Gasteiger partial charge >= 0.3 is 0 Å². The van der Waals surface area contributed by atoms with Gasteiger partial charge in [-0.2, -0.15) is 10.5 Å². The van der Waals surface area contributed by atoms with Gasteiger partial charge in [-0.05, 0) is 23.4 Å². The zero-order valence-corrected chi connectivity index (χ0v) is 15.6. The summed E-state index contributed by atoms with van der Waals surface area (Å²) in [4.78, 5) is 13.1. The number of aromatic amines is 1. The fraction of sp³-hybridized carbons (Fsp3) is 0.105. The second-order valence-electron chi connectivity index (χ2n) is 5.93. The number of nitrogens with one attached hydrogen (secondary N) is 2. The quantitative estimate of drug-likeness (QED) is 0.487. The molecule has 29 heavy (non-hydrogen) atoms. The van der Waals surface area contributed by atoms with Gasteiger partial charge in [0, 0.05) is 28.4 Å². The Hall–Kier alpha value is -3.90. The van der Waals surface area contributed by atoms with E-state index in [-0.39, 0.29) is 17.2 Å². The topological polar surface area (TPSA) is 126 Å². The van der Waals surface area contributed by atoms with Crippen LogP contribution in [0.2, 0.25) is 5.02 Å².